The van der Waals surface area contributed by atoms with Gasteiger partial charge in [-0.1, -0.05) is 12.1 Å². The quantitative estimate of drug-likeness (QED) is 0.479. The summed E-state index contributed by atoms with van der Waals surface area (Å²) in [7, 11) is -2.44. The highest BCUT2D eigenvalue weighted by atomic mass is 32.2. The topological polar surface area (TPSA) is 74.3 Å². The molecule has 0 atom stereocenters. The van der Waals surface area contributed by atoms with Crippen LogP contribution in [0, 0.1) is 11.6 Å². The highest BCUT2D eigenvalue weighted by Gasteiger charge is 2.25. The van der Waals surface area contributed by atoms with Crippen molar-refractivity contribution < 1.29 is 21.9 Å². The molecule has 3 aromatic carbocycles. The van der Waals surface area contributed by atoms with E-state index in [1.807, 2.05) is 0 Å². The third kappa shape index (κ3) is 3.50. The van der Waals surface area contributed by atoms with Crippen LogP contribution in [0.25, 0.3) is 10.9 Å². The van der Waals surface area contributed by atoms with Gasteiger partial charge in [0.1, 0.15) is 17.4 Å². The number of para-hydroxylation sites is 1. The fraction of sp³-hybridized carbons (Fsp3) is 0.0909. The lowest BCUT2D eigenvalue weighted by Gasteiger charge is -2.07. The van der Waals surface area contributed by atoms with Crippen molar-refractivity contribution in [2.24, 2.45) is 0 Å². The first-order valence-electron chi connectivity index (χ1n) is 9.01. The third-order valence-corrected chi connectivity index (χ3v) is 6.68. The molecule has 4 rings (SSSR count). The van der Waals surface area contributed by atoms with Crippen LogP contribution in [0.5, 0.6) is 5.75 Å². The van der Waals surface area contributed by atoms with Crippen molar-refractivity contribution in [1.29, 1.82) is 0 Å². The van der Waals surface area contributed by atoms with Crippen LogP contribution < -0.4 is 10.5 Å². The molecule has 0 amide bonds. The molecule has 0 saturated carbocycles. The van der Waals surface area contributed by atoms with Crippen LogP contribution in [-0.2, 0) is 16.4 Å². The van der Waals surface area contributed by atoms with E-state index in [1.54, 1.807) is 34.9 Å². The lowest BCUT2D eigenvalue weighted by molar-refractivity contribution is 0.415. The molecule has 1 aromatic heterocycles. The Labute approximate surface area is 172 Å². The summed E-state index contributed by atoms with van der Waals surface area (Å²) in [5, 5.41) is 0.455. The number of rotatable bonds is 5. The summed E-state index contributed by atoms with van der Waals surface area (Å²) in [6.45, 7) is 0.0676. The molecule has 0 fully saturated rings. The van der Waals surface area contributed by atoms with Crippen LogP contribution in [0.1, 0.15) is 5.56 Å². The van der Waals surface area contributed by atoms with E-state index in [0.29, 0.717) is 22.2 Å². The van der Waals surface area contributed by atoms with Gasteiger partial charge in [-0.25, -0.2) is 17.2 Å². The van der Waals surface area contributed by atoms with Crippen LogP contribution in [0.15, 0.2) is 76.7 Å². The van der Waals surface area contributed by atoms with Crippen LogP contribution in [0.4, 0.5) is 14.5 Å². The van der Waals surface area contributed by atoms with E-state index in [-0.39, 0.29) is 22.0 Å². The van der Waals surface area contributed by atoms with Crippen LogP contribution >= 0.6 is 0 Å². The lowest BCUT2D eigenvalue weighted by Crippen LogP contribution is -2.05. The van der Waals surface area contributed by atoms with Gasteiger partial charge >= 0.3 is 0 Å². The van der Waals surface area contributed by atoms with Crippen molar-refractivity contribution in [3.63, 3.8) is 0 Å². The number of fused-ring (bicyclic) bond motifs is 1. The first kappa shape index (κ1) is 19.9. The number of nitrogens with two attached hydrogens (primary N) is 1. The molecule has 1 heterocycles. The summed E-state index contributed by atoms with van der Waals surface area (Å²) in [5.74, 6) is -0.886. The van der Waals surface area contributed by atoms with Gasteiger partial charge in [-0.15, -0.1) is 0 Å². The Kier molecular flexibility index (Phi) is 4.95. The highest BCUT2D eigenvalue weighted by molar-refractivity contribution is 7.92. The summed E-state index contributed by atoms with van der Waals surface area (Å²) in [5.41, 5.74) is 6.95. The molecule has 0 spiro atoms. The van der Waals surface area contributed by atoms with Gasteiger partial charge in [0.05, 0.1) is 28.1 Å². The minimum absolute atomic E-state index is 0.00309. The smallest absolute Gasteiger partial charge is 0.210 e. The predicted octanol–water partition coefficient (Wildman–Crippen LogP) is 4.39. The minimum atomic E-state index is -3.94. The van der Waals surface area contributed by atoms with E-state index in [0.717, 1.165) is 6.07 Å². The number of nitrogens with zero attached hydrogens (tertiary/aromatic N) is 1. The van der Waals surface area contributed by atoms with E-state index in [4.69, 9.17) is 10.5 Å². The van der Waals surface area contributed by atoms with Gasteiger partial charge in [0.2, 0.25) is 9.84 Å². The Balaban J connectivity index is 1.93. The van der Waals surface area contributed by atoms with Gasteiger partial charge in [0, 0.05) is 30.3 Å². The average Bonchev–Trinajstić information content (AvgIpc) is 3.06. The number of methoxy groups -OCH3 is 1. The molecular formula is C22H18F2N2O3S. The predicted molar refractivity (Wildman–Crippen MR) is 110 cm³/mol. The van der Waals surface area contributed by atoms with Crippen molar-refractivity contribution in [3.8, 4) is 5.75 Å². The third-order valence-electron chi connectivity index (χ3n) is 4.83. The number of aromatic nitrogens is 1. The Morgan fingerprint density at radius 2 is 1.67 bits per heavy atom. The van der Waals surface area contributed by atoms with Crippen LogP contribution in [0.2, 0.25) is 0 Å². The van der Waals surface area contributed by atoms with Gasteiger partial charge in [0.15, 0.2) is 0 Å². The molecule has 154 valence electrons. The van der Waals surface area contributed by atoms with Gasteiger partial charge < -0.3 is 15.0 Å². The fourth-order valence-corrected chi connectivity index (χ4v) is 5.05. The van der Waals surface area contributed by atoms with Crippen molar-refractivity contribution >= 4 is 26.4 Å². The van der Waals surface area contributed by atoms with Crippen LogP contribution in [-0.4, -0.2) is 20.1 Å². The first-order chi connectivity index (χ1) is 14.3. The number of hydrogen-bond donors (Lipinski definition) is 1. The second kappa shape index (κ2) is 7.46. The van der Waals surface area contributed by atoms with Gasteiger partial charge in [0.25, 0.3) is 0 Å². The van der Waals surface area contributed by atoms with Gasteiger partial charge in [-0.3, -0.25) is 0 Å². The molecule has 30 heavy (non-hydrogen) atoms. The van der Waals surface area contributed by atoms with Crippen molar-refractivity contribution in [2.45, 2.75) is 16.3 Å². The van der Waals surface area contributed by atoms with E-state index in [9.17, 15) is 17.2 Å². The molecule has 8 heteroatoms. The molecule has 2 N–H and O–H groups in total. The molecule has 0 saturated heterocycles. The first-order valence-corrected chi connectivity index (χ1v) is 10.5. The van der Waals surface area contributed by atoms with E-state index >= 15 is 0 Å². The maximum absolute atomic E-state index is 13.6. The number of sulfone groups is 1. The zero-order valence-corrected chi connectivity index (χ0v) is 16.8. The number of ether oxygens (including phenoxy) is 1. The molecule has 0 aliphatic heterocycles. The Hall–Kier alpha value is -3.39. The number of halogens is 2. The number of nitrogen functional groups attached to an aromatic ring is 1. The summed E-state index contributed by atoms with van der Waals surface area (Å²) in [4.78, 5) is 0.0478. The molecule has 4 aromatic rings. The van der Waals surface area contributed by atoms with Crippen molar-refractivity contribution in [2.75, 3.05) is 12.8 Å². The summed E-state index contributed by atoms with van der Waals surface area (Å²) < 4.78 is 60.9. The number of benzene rings is 3. The molecule has 0 aliphatic carbocycles. The maximum Gasteiger partial charge on any atom is 0.210 e. The van der Waals surface area contributed by atoms with Gasteiger partial charge in [-0.2, -0.15) is 0 Å². The number of anilines is 1. The highest BCUT2D eigenvalue weighted by Crippen LogP contribution is 2.34. The fourth-order valence-electron chi connectivity index (χ4n) is 3.45. The van der Waals surface area contributed by atoms with E-state index < -0.39 is 21.5 Å². The molecule has 0 unspecified atom stereocenters. The van der Waals surface area contributed by atoms with E-state index in [2.05, 4.69) is 0 Å². The molecule has 0 radical (unpaired) electrons. The van der Waals surface area contributed by atoms with E-state index in [1.165, 1.54) is 37.6 Å². The second-order valence-corrected chi connectivity index (χ2v) is 8.71. The summed E-state index contributed by atoms with van der Waals surface area (Å²) >= 11 is 0. The normalized spacial score (nSPS) is 11.7. The second-order valence-electron chi connectivity index (χ2n) is 6.82. The van der Waals surface area contributed by atoms with Crippen molar-refractivity contribution in [3.05, 3.63) is 84.1 Å². The molecule has 0 aliphatic rings. The minimum Gasteiger partial charge on any atom is -0.497 e. The lowest BCUT2D eigenvalue weighted by atomic mass is 10.2. The monoisotopic (exact) mass is 428 g/mol. The zero-order valence-electron chi connectivity index (χ0n) is 16.0. The Bertz CT molecular complexity index is 1340. The summed E-state index contributed by atoms with van der Waals surface area (Å²) in [6, 6.07) is 14.4. The van der Waals surface area contributed by atoms with Crippen molar-refractivity contribution in [1.82, 2.24) is 4.57 Å². The van der Waals surface area contributed by atoms with Crippen LogP contribution in [0.3, 0.4) is 0 Å². The Morgan fingerprint density at radius 1 is 0.967 bits per heavy atom. The largest absolute Gasteiger partial charge is 0.497 e. The summed E-state index contributed by atoms with van der Waals surface area (Å²) in [6.07, 6.45) is 1.45. The SMILES string of the molecule is COc1ccc2c(S(=O)(=O)c3ccccc3N)cn(Cc3cc(F)cc(F)c3)c2c1. The van der Waals surface area contributed by atoms with Gasteiger partial charge in [-0.05, 0) is 42.0 Å². The number of hydrogen-bond acceptors (Lipinski definition) is 4. The maximum atomic E-state index is 13.6. The zero-order chi connectivity index (χ0) is 21.5. The molecular weight excluding hydrogens is 410 g/mol. The molecule has 0 bridgehead atoms. The standard InChI is InChI=1S/C22H18F2N2O3S/c1-29-17-6-7-18-20(11-17)26(12-14-8-15(23)10-16(24)9-14)13-22(18)30(27,28)21-5-3-2-4-19(21)25/h2-11,13H,12,25H2,1H3. The average molecular weight is 428 g/mol. The molecule has 5 nitrogen and oxygen atoms in total. The Morgan fingerprint density at radius 3 is 2.33 bits per heavy atom.